The van der Waals surface area contributed by atoms with Crippen molar-refractivity contribution >= 4 is 17.0 Å². The molecule has 0 N–H and O–H groups in total. The van der Waals surface area contributed by atoms with Crippen LogP contribution in [-0.2, 0) is 6.54 Å². The van der Waals surface area contributed by atoms with Crippen LogP contribution < -0.4 is 14.4 Å². The molecule has 34 heavy (non-hydrogen) atoms. The van der Waals surface area contributed by atoms with Crippen LogP contribution in [0.4, 0.5) is 5.69 Å². The van der Waals surface area contributed by atoms with Crippen molar-refractivity contribution in [1.82, 2.24) is 25.1 Å². The van der Waals surface area contributed by atoms with Gasteiger partial charge in [0, 0.05) is 31.1 Å². The minimum Gasteiger partial charge on any atom is -0.497 e. The number of piperazine rings is 1. The highest BCUT2D eigenvalue weighted by Gasteiger charge is 2.31. The molecule has 0 spiro atoms. The minimum absolute atomic E-state index is 0.0549. The van der Waals surface area contributed by atoms with Gasteiger partial charge in [-0.1, -0.05) is 30.3 Å². The largest absolute Gasteiger partial charge is 0.497 e. The normalized spacial score (nSPS) is 15.3. The van der Waals surface area contributed by atoms with Crippen molar-refractivity contribution in [2.24, 2.45) is 0 Å². The zero-order valence-electron chi connectivity index (χ0n) is 19.4. The molecule has 1 saturated heterocycles. The van der Waals surface area contributed by atoms with Crippen LogP contribution in [0.5, 0.6) is 11.5 Å². The van der Waals surface area contributed by atoms with Gasteiger partial charge in [0.25, 0.3) is 0 Å². The van der Waals surface area contributed by atoms with Crippen molar-refractivity contribution in [3.8, 4) is 11.5 Å². The number of hydrogen-bond acceptors (Lipinski definition) is 8. The lowest BCUT2D eigenvalue weighted by molar-refractivity contribution is 0.201. The Balaban J connectivity index is 1.42. The Bertz CT molecular complexity index is 1190. The predicted octanol–water partition coefficient (Wildman–Crippen LogP) is 3.71. The number of methoxy groups -OCH3 is 2. The van der Waals surface area contributed by atoms with E-state index in [1.165, 1.54) is 4.88 Å². The zero-order chi connectivity index (χ0) is 23.3. The van der Waals surface area contributed by atoms with E-state index >= 15 is 0 Å². The van der Waals surface area contributed by atoms with Crippen LogP contribution in [0.2, 0.25) is 0 Å². The Labute approximate surface area is 203 Å². The van der Waals surface area contributed by atoms with E-state index in [-0.39, 0.29) is 6.04 Å². The summed E-state index contributed by atoms with van der Waals surface area (Å²) in [5.41, 5.74) is 2.28. The number of aromatic nitrogens is 4. The molecule has 1 atom stereocenters. The van der Waals surface area contributed by atoms with Crippen LogP contribution in [0, 0.1) is 0 Å². The summed E-state index contributed by atoms with van der Waals surface area (Å²) >= 11 is 1.71. The second-order valence-electron chi connectivity index (χ2n) is 8.14. The van der Waals surface area contributed by atoms with E-state index in [9.17, 15) is 0 Å². The summed E-state index contributed by atoms with van der Waals surface area (Å²) in [7, 11) is 3.41. The fourth-order valence-electron chi connectivity index (χ4n) is 4.49. The Hall–Kier alpha value is -3.43. The highest BCUT2D eigenvalue weighted by molar-refractivity contribution is 7.09. The van der Waals surface area contributed by atoms with Gasteiger partial charge < -0.3 is 14.4 Å². The molecule has 2 aromatic carbocycles. The third-order valence-corrected chi connectivity index (χ3v) is 7.09. The van der Waals surface area contributed by atoms with E-state index in [2.05, 4.69) is 67.1 Å². The monoisotopic (exact) mass is 476 g/mol. The lowest BCUT2D eigenvalue weighted by Gasteiger charge is -2.40. The van der Waals surface area contributed by atoms with Crippen LogP contribution in [-0.4, -0.2) is 65.5 Å². The van der Waals surface area contributed by atoms with E-state index in [0.717, 1.165) is 54.8 Å². The summed E-state index contributed by atoms with van der Waals surface area (Å²) < 4.78 is 12.9. The van der Waals surface area contributed by atoms with E-state index in [4.69, 9.17) is 9.47 Å². The Kier molecular flexibility index (Phi) is 6.73. The molecular weight excluding hydrogens is 448 g/mol. The standard InChI is InChI=1S/C25H28N6O2S/c1-32-20-11-9-19(10-12-20)24(25-26-27-28-31(25)18-21-6-5-17-34-21)30-15-13-29(14-16-30)22-7-3-4-8-23(22)33-2/h3-12,17,24H,13-16,18H2,1-2H3/t24-/m1/s1. The molecule has 0 saturated carbocycles. The molecule has 0 radical (unpaired) electrons. The molecule has 2 aromatic heterocycles. The number of benzene rings is 2. The van der Waals surface area contributed by atoms with E-state index < -0.39 is 0 Å². The van der Waals surface area contributed by atoms with Gasteiger partial charge in [-0.05, 0) is 51.7 Å². The molecular formula is C25H28N6O2S. The highest BCUT2D eigenvalue weighted by atomic mass is 32.1. The number of rotatable bonds is 8. The lowest BCUT2D eigenvalue weighted by Crippen LogP contribution is -2.48. The van der Waals surface area contributed by atoms with Crippen molar-refractivity contribution in [3.05, 3.63) is 82.3 Å². The first kappa shape index (κ1) is 22.4. The van der Waals surface area contributed by atoms with Crippen LogP contribution in [0.3, 0.4) is 0 Å². The van der Waals surface area contributed by atoms with Gasteiger partial charge >= 0.3 is 0 Å². The predicted molar refractivity (Wildman–Crippen MR) is 133 cm³/mol. The Morgan fingerprint density at radius 1 is 0.912 bits per heavy atom. The number of para-hydroxylation sites is 2. The van der Waals surface area contributed by atoms with E-state index in [0.29, 0.717) is 6.54 Å². The second kappa shape index (κ2) is 10.2. The quantitative estimate of drug-likeness (QED) is 0.384. The molecule has 1 aliphatic heterocycles. The third-order valence-electron chi connectivity index (χ3n) is 6.23. The van der Waals surface area contributed by atoms with E-state index in [1.807, 2.05) is 28.9 Å². The van der Waals surface area contributed by atoms with Crippen molar-refractivity contribution in [1.29, 1.82) is 0 Å². The maximum Gasteiger partial charge on any atom is 0.173 e. The highest BCUT2D eigenvalue weighted by Crippen LogP contribution is 2.33. The van der Waals surface area contributed by atoms with Gasteiger partial charge in [0.15, 0.2) is 5.82 Å². The van der Waals surface area contributed by atoms with Crippen LogP contribution in [0.1, 0.15) is 22.3 Å². The van der Waals surface area contributed by atoms with Gasteiger partial charge in [-0.15, -0.1) is 16.4 Å². The minimum atomic E-state index is -0.0549. The van der Waals surface area contributed by atoms with Crippen LogP contribution in [0.25, 0.3) is 0 Å². The van der Waals surface area contributed by atoms with E-state index in [1.54, 1.807) is 25.6 Å². The Morgan fingerprint density at radius 3 is 2.41 bits per heavy atom. The summed E-state index contributed by atoms with van der Waals surface area (Å²) in [6, 6.07) is 20.5. The average molecular weight is 477 g/mol. The fraction of sp³-hybridized carbons (Fsp3) is 0.320. The molecule has 176 valence electrons. The lowest BCUT2D eigenvalue weighted by atomic mass is 10.0. The van der Waals surface area contributed by atoms with Crippen molar-refractivity contribution in [2.75, 3.05) is 45.3 Å². The summed E-state index contributed by atoms with van der Waals surface area (Å²) in [6.07, 6.45) is 0. The maximum atomic E-state index is 5.59. The van der Waals surface area contributed by atoms with Crippen molar-refractivity contribution < 1.29 is 9.47 Å². The molecule has 0 aliphatic carbocycles. The zero-order valence-corrected chi connectivity index (χ0v) is 20.2. The molecule has 9 heteroatoms. The molecule has 3 heterocycles. The number of thiophene rings is 1. The maximum absolute atomic E-state index is 5.59. The first-order valence-corrected chi connectivity index (χ1v) is 12.2. The van der Waals surface area contributed by atoms with Gasteiger partial charge in [0.1, 0.15) is 11.5 Å². The molecule has 5 rings (SSSR count). The first-order chi connectivity index (χ1) is 16.8. The molecule has 8 nitrogen and oxygen atoms in total. The molecule has 1 aliphatic rings. The van der Waals surface area contributed by atoms with Crippen LogP contribution >= 0.6 is 11.3 Å². The van der Waals surface area contributed by atoms with Gasteiger partial charge in [-0.25, -0.2) is 4.68 Å². The topological polar surface area (TPSA) is 68.5 Å². The van der Waals surface area contributed by atoms with Gasteiger partial charge in [-0.3, -0.25) is 4.90 Å². The SMILES string of the molecule is COc1ccc([C@H](c2nnnn2Cc2cccs2)N2CCN(c3ccccc3OC)CC2)cc1. The van der Waals surface area contributed by atoms with Crippen molar-refractivity contribution in [3.63, 3.8) is 0 Å². The number of tetrazole rings is 1. The summed E-state index contributed by atoms with van der Waals surface area (Å²) in [5.74, 6) is 2.59. The smallest absolute Gasteiger partial charge is 0.173 e. The summed E-state index contributed by atoms with van der Waals surface area (Å²) in [5, 5.41) is 15.0. The number of nitrogens with zero attached hydrogens (tertiary/aromatic N) is 6. The molecule has 0 bridgehead atoms. The van der Waals surface area contributed by atoms with Crippen molar-refractivity contribution in [2.45, 2.75) is 12.6 Å². The molecule has 4 aromatic rings. The molecule has 0 amide bonds. The first-order valence-electron chi connectivity index (χ1n) is 11.3. The third kappa shape index (κ3) is 4.62. The van der Waals surface area contributed by atoms with Gasteiger partial charge in [0.2, 0.25) is 0 Å². The Morgan fingerprint density at radius 2 is 1.71 bits per heavy atom. The summed E-state index contributed by atoms with van der Waals surface area (Å²) in [4.78, 5) is 6.07. The van der Waals surface area contributed by atoms with Gasteiger partial charge in [-0.2, -0.15) is 0 Å². The average Bonchev–Trinajstić information content (AvgIpc) is 3.58. The summed E-state index contributed by atoms with van der Waals surface area (Å²) in [6.45, 7) is 4.19. The van der Waals surface area contributed by atoms with Gasteiger partial charge in [0.05, 0.1) is 32.5 Å². The fourth-order valence-corrected chi connectivity index (χ4v) is 5.18. The molecule has 0 unspecified atom stereocenters. The number of anilines is 1. The molecule has 1 fully saturated rings. The van der Waals surface area contributed by atoms with Crippen LogP contribution in [0.15, 0.2) is 66.0 Å². The number of ether oxygens (including phenoxy) is 2. The number of hydrogen-bond donors (Lipinski definition) is 0. The second-order valence-corrected chi connectivity index (χ2v) is 9.18.